The van der Waals surface area contributed by atoms with Crippen molar-refractivity contribution in [2.24, 2.45) is 5.92 Å². The third kappa shape index (κ3) is 3.31. The monoisotopic (exact) mass is 340 g/mol. The Morgan fingerprint density at radius 3 is 2.16 bits per heavy atom. The highest BCUT2D eigenvalue weighted by atomic mass is 16.4. The molecule has 5 heteroatoms. The first kappa shape index (κ1) is 17.3. The maximum Gasteiger partial charge on any atom is 0.306 e. The molecule has 5 nitrogen and oxygen atoms in total. The normalized spacial score (nSPS) is 15.4. The number of aryl methyl sites for hydroxylation is 3. The van der Waals surface area contributed by atoms with Crippen LogP contribution in [0.1, 0.15) is 40.2 Å². The summed E-state index contributed by atoms with van der Waals surface area (Å²) in [5.74, 6) is -1.12. The second kappa shape index (κ2) is 6.75. The largest absolute Gasteiger partial charge is 0.481 e. The van der Waals surface area contributed by atoms with Crippen LogP contribution in [0, 0.1) is 26.7 Å². The van der Waals surface area contributed by atoms with Crippen LogP contribution in [-0.2, 0) is 4.79 Å². The van der Waals surface area contributed by atoms with Gasteiger partial charge in [-0.05, 0) is 57.9 Å². The number of likely N-dealkylation sites (tertiary alicyclic amines) is 1. The first-order valence-corrected chi connectivity index (χ1v) is 8.66. The molecular weight excluding hydrogens is 316 g/mol. The molecule has 0 unspecified atom stereocenters. The van der Waals surface area contributed by atoms with Crippen molar-refractivity contribution in [2.45, 2.75) is 33.6 Å². The van der Waals surface area contributed by atoms with Crippen molar-refractivity contribution in [3.63, 3.8) is 0 Å². The lowest BCUT2D eigenvalue weighted by Crippen LogP contribution is -2.40. The molecule has 3 rings (SSSR count). The molecule has 132 valence electrons. The number of carboxylic acids is 1. The van der Waals surface area contributed by atoms with E-state index in [2.05, 4.69) is 4.57 Å². The summed E-state index contributed by atoms with van der Waals surface area (Å²) in [7, 11) is 0. The van der Waals surface area contributed by atoms with Gasteiger partial charge in [0.2, 0.25) is 0 Å². The summed E-state index contributed by atoms with van der Waals surface area (Å²) >= 11 is 0. The number of hydrogen-bond donors (Lipinski definition) is 1. The second-order valence-corrected chi connectivity index (χ2v) is 6.88. The molecule has 1 aliphatic heterocycles. The van der Waals surface area contributed by atoms with Crippen molar-refractivity contribution < 1.29 is 14.7 Å². The zero-order valence-corrected chi connectivity index (χ0v) is 15.0. The van der Waals surface area contributed by atoms with E-state index in [9.17, 15) is 9.59 Å². The van der Waals surface area contributed by atoms with Gasteiger partial charge in [-0.1, -0.05) is 11.6 Å². The number of hydrogen-bond acceptors (Lipinski definition) is 2. The van der Waals surface area contributed by atoms with Gasteiger partial charge in [0.05, 0.1) is 17.2 Å². The number of carboxylic acid groups (broad SMARTS) is 1. The number of amides is 1. The molecule has 0 bridgehead atoms. The molecular formula is C20H24N2O3. The van der Waals surface area contributed by atoms with Gasteiger partial charge in [-0.2, -0.15) is 0 Å². The minimum atomic E-state index is -0.762. The van der Waals surface area contributed by atoms with Gasteiger partial charge in [0.25, 0.3) is 5.91 Å². The van der Waals surface area contributed by atoms with Crippen LogP contribution in [-0.4, -0.2) is 39.5 Å². The summed E-state index contributed by atoms with van der Waals surface area (Å²) in [5, 5.41) is 9.14. The van der Waals surface area contributed by atoms with Crippen LogP contribution in [0.5, 0.6) is 0 Å². The molecule has 0 spiro atoms. The highest BCUT2D eigenvalue weighted by Crippen LogP contribution is 2.25. The number of piperidine rings is 1. The van der Waals surface area contributed by atoms with E-state index in [4.69, 9.17) is 5.11 Å². The van der Waals surface area contributed by atoms with Gasteiger partial charge in [0.1, 0.15) is 0 Å². The van der Waals surface area contributed by atoms with Crippen LogP contribution in [0.2, 0.25) is 0 Å². The molecule has 0 radical (unpaired) electrons. The first-order chi connectivity index (χ1) is 11.9. The third-order valence-electron chi connectivity index (χ3n) is 5.03. The Labute approximate surface area is 147 Å². The van der Waals surface area contributed by atoms with Gasteiger partial charge in [-0.25, -0.2) is 0 Å². The topological polar surface area (TPSA) is 62.5 Å². The summed E-state index contributed by atoms with van der Waals surface area (Å²) in [6.45, 7) is 7.02. The summed E-state index contributed by atoms with van der Waals surface area (Å²) in [4.78, 5) is 26.0. The van der Waals surface area contributed by atoms with Crippen LogP contribution in [0.15, 0.2) is 30.3 Å². The van der Waals surface area contributed by atoms with E-state index in [1.807, 2.05) is 51.1 Å². The molecule has 2 aromatic rings. The number of rotatable bonds is 3. The fraction of sp³-hybridized carbons (Fsp3) is 0.400. The number of aliphatic carboxylic acids is 1. The summed E-state index contributed by atoms with van der Waals surface area (Å²) in [5.41, 5.74) is 4.77. The van der Waals surface area contributed by atoms with Gasteiger partial charge in [0.15, 0.2) is 0 Å². The zero-order valence-electron chi connectivity index (χ0n) is 15.0. The average Bonchev–Trinajstić information content (AvgIpc) is 2.93. The lowest BCUT2D eigenvalue weighted by molar-refractivity contribution is -0.143. The minimum Gasteiger partial charge on any atom is -0.481 e. The van der Waals surface area contributed by atoms with Crippen molar-refractivity contribution in [3.8, 4) is 5.69 Å². The van der Waals surface area contributed by atoms with Crippen molar-refractivity contribution in [1.82, 2.24) is 9.47 Å². The standard InChI is InChI=1S/C20H24N2O3/c1-13-4-7-18(22-14(2)5-6-15(22)3)17(12-13)19(23)21-10-8-16(9-11-21)20(24)25/h4-7,12,16H,8-11H2,1-3H3,(H,24,25). The Bertz CT molecular complexity index is 795. The molecule has 1 fully saturated rings. The van der Waals surface area contributed by atoms with Crippen LogP contribution < -0.4 is 0 Å². The summed E-state index contributed by atoms with van der Waals surface area (Å²) in [6.07, 6.45) is 1.04. The van der Waals surface area contributed by atoms with Gasteiger partial charge in [-0.15, -0.1) is 0 Å². The molecule has 1 N–H and O–H groups in total. The minimum absolute atomic E-state index is 0.0185. The van der Waals surface area contributed by atoms with Crippen LogP contribution in [0.25, 0.3) is 5.69 Å². The van der Waals surface area contributed by atoms with Crippen LogP contribution in [0.3, 0.4) is 0 Å². The second-order valence-electron chi connectivity index (χ2n) is 6.88. The van der Waals surface area contributed by atoms with Crippen LogP contribution in [0.4, 0.5) is 0 Å². The van der Waals surface area contributed by atoms with E-state index in [0.29, 0.717) is 31.5 Å². The third-order valence-corrected chi connectivity index (χ3v) is 5.03. The van der Waals surface area contributed by atoms with Gasteiger partial charge < -0.3 is 14.6 Å². The lowest BCUT2D eigenvalue weighted by Gasteiger charge is -2.31. The maximum atomic E-state index is 13.1. The number of carbonyl (C=O) groups is 2. The first-order valence-electron chi connectivity index (χ1n) is 8.66. The van der Waals surface area contributed by atoms with Crippen molar-refractivity contribution in [3.05, 3.63) is 52.8 Å². The van der Waals surface area contributed by atoms with E-state index in [0.717, 1.165) is 22.6 Å². The van der Waals surface area contributed by atoms with E-state index in [-0.39, 0.29) is 11.8 Å². The maximum absolute atomic E-state index is 13.1. The molecule has 2 heterocycles. The SMILES string of the molecule is Cc1ccc(-n2c(C)ccc2C)c(C(=O)N2CCC(C(=O)O)CC2)c1. The molecule has 1 saturated heterocycles. The Hall–Kier alpha value is -2.56. The van der Waals surface area contributed by atoms with Gasteiger partial charge in [0, 0.05) is 24.5 Å². The Morgan fingerprint density at radius 1 is 1.00 bits per heavy atom. The molecule has 1 aromatic carbocycles. The quantitative estimate of drug-likeness (QED) is 0.932. The smallest absolute Gasteiger partial charge is 0.306 e. The highest BCUT2D eigenvalue weighted by Gasteiger charge is 2.28. The van der Waals surface area contributed by atoms with Crippen molar-refractivity contribution in [1.29, 1.82) is 0 Å². The van der Waals surface area contributed by atoms with Gasteiger partial charge in [-0.3, -0.25) is 9.59 Å². The predicted octanol–water partition coefficient (Wildman–Crippen LogP) is 3.34. The Morgan fingerprint density at radius 2 is 1.60 bits per heavy atom. The molecule has 0 aliphatic carbocycles. The Kier molecular flexibility index (Phi) is 4.66. The summed E-state index contributed by atoms with van der Waals surface area (Å²) < 4.78 is 2.09. The van der Waals surface area contributed by atoms with E-state index >= 15 is 0 Å². The van der Waals surface area contributed by atoms with Gasteiger partial charge >= 0.3 is 5.97 Å². The fourth-order valence-corrected chi connectivity index (χ4v) is 3.56. The lowest BCUT2D eigenvalue weighted by atomic mass is 9.96. The summed E-state index contributed by atoms with van der Waals surface area (Å²) in [6, 6.07) is 10.0. The number of aromatic nitrogens is 1. The number of carbonyl (C=O) groups excluding carboxylic acids is 1. The molecule has 1 amide bonds. The molecule has 1 aromatic heterocycles. The fourth-order valence-electron chi connectivity index (χ4n) is 3.56. The van der Waals surface area contributed by atoms with Crippen molar-refractivity contribution >= 4 is 11.9 Å². The molecule has 0 atom stereocenters. The van der Waals surface area contributed by atoms with E-state index in [1.54, 1.807) is 4.90 Å². The van der Waals surface area contributed by atoms with E-state index < -0.39 is 5.97 Å². The molecule has 25 heavy (non-hydrogen) atoms. The van der Waals surface area contributed by atoms with E-state index in [1.165, 1.54) is 0 Å². The zero-order chi connectivity index (χ0) is 18.1. The van der Waals surface area contributed by atoms with Crippen LogP contribution >= 0.6 is 0 Å². The number of benzene rings is 1. The molecule has 0 saturated carbocycles. The average molecular weight is 340 g/mol. The van der Waals surface area contributed by atoms with Crippen molar-refractivity contribution in [2.75, 3.05) is 13.1 Å². The molecule has 1 aliphatic rings. The number of nitrogens with zero attached hydrogens (tertiary/aromatic N) is 2. The highest BCUT2D eigenvalue weighted by molar-refractivity contribution is 5.98. The predicted molar refractivity (Wildman–Crippen MR) is 96.2 cm³/mol. The Balaban J connectivity index is 1.93.